The third kappa shape index (κ3) is 3.54. The fraction of sp³-hybridized carbons (Fsp3) is 0.333. The number of carboxylic acids is 1. The van der Waals surface area contributed by atoms with Crippen molar-refractivity contribution in [2.45, 2.75) is 19.9 Å². The van der Waals surface area contributed by atoms with Gasteiger partial charge in [0.25, 0.3) is 0 Å². The van der Waals surface area contributed by atoms with Gasteiger partial charge < -0.3 is 16.2 Å². The van der Waals surface area contributed by atoms with Crippen LogP contribution in [0.25, 0.3) is 0 Å². The summed E-state index contributed by atoms with van der Waals surface area (Å²) in [4.78, 5) is 22.7. The summed E-state index contributed by atoms with van der Waals surface area (Å²) in [6, 6.07) is 4.34. The van der Waals surface area contributed by atoms with Crippen LogP contribution in [0.5, 0.6) is 0 Å². The van der Waals surface area contributed by atoms with E-state index in [9.17, 15) is 9.59 Å². The molecule has 2 atom stereocenters. The van der Waals surface area contributed by atoms with Gasteiger partial charge in [0, 0.05) is 16.2 Å². The average Bonchev–Trinajstić information content (AvgIpc) is 2.29. The van der Waals surface area contributed by atoms with Crippen molar-refractivity contribution in [2.75, 3.05) is 5.32 Å². The van der Waals surface area contributed by atoms with Crippen LogP contribution in [0.4, 0.5) is 5.69 Å². The molecule has 0 aromatic heterocycles. The Kier molecular flexibility index (Phi) is 4.86. The van der Waals surface area contributed by atoms with Gasteiger partial charge in [-0.25, -0.2) is 4.79 Å². The number of rotatable bonds is 4. The zero-order valence-corrected chi connectivity index (χ0v) is 11.7. The second-order valence-corrected chi connectivity index (χ2v) is 4.99. The van der Waals surface area contributed by atoms with E-state index in [0.717, 1.165) is 0 Å². The van der Waals surface area contributed by atoms with Gasteiger partial charge in [0.05, 0.1) is 11.5 Å². The number of nitrogens with two attached hydrogens (primary N) is 1. The van der Waals surface area contributed by atoms with Gasteiger partial charge in [-0.3, -0.25) is 4.79 Å². The summed E-state index contributed by atoms with van der Waals surface area (Å²) in [6.45, 7) is 3.46. The first-order chi connectivity index (χ1) is 8.32. The number of carbonyl (C=O) groups excluding carboxylic acids is 1. The fourth-order valence-electron chi connectivity index (χ4n) is 1.26. The molecule has 1 aromatic rings. The number of halogens is 1. The van der Waals surface area contributed by atoms with Crippen molar-refractivity contribution in [3.63, 3.8) is 0 Å². The molecule has 1 aromatic carbocycles. The summed E-state index contributed by atoms with van der Waals surface area (Å²) < 4.78 is 0.466. The molecule has 0 saturated carbocycles. The number of amides is 1. The molecule has 0 aliphatic heterocycles. The van der Waals surface area contributed by atoms with Crippen LogP contribution in [-0.2, 0) is 4.79 Å². The van der Waals surface area contributed by atoms with Gasteiger partial charge in [-0.15, -0.1) is 0 Å². The van der Waals surface area contributed by atoms with E-state index in [1.165, 1.54) is 6.07 Å². The van der Waals surface area contributed by atoms with Crippen LogP contribution in [0.2, 0.25) is 0 Å². The summed E-state index contributed by atoms with van der Waals surface area (Å²) >= 11 is 3.14. The molecule has 0 spiro atoms. The lowest BCUT2D eigenvalue weighted by molar-refractivity contribution is -0.119. The fourth-order valence-corrected chi connectivity index (χ4v) is 1.68. The maximum absolute atomic E-state index is 11.8. The number of carboxylic acid groups (broad SMARTS) is 1. The minimum Gasteiger partial charge on any atom is -0.478 e. The minimum atomic E-state index is -1.06. The molecule has 4 N–H and O–H groups in total. The molecule has 1 amide bonds. The molecule has 98 valence electrons. The molecule has 0 saturated heterocycles. The predicted octanol–water partition coefficient (Wildman–Crippen LogP) is 2.07. The number of benzene rings is 1. The SMILES string of the molecule is CC(N)C(C)C(=O)Nc1ccc(Br)c(C(=O)O)c1. The third-order valence-electron chi connectivity index (χ3n) is 2.67. The highest BCUT2D eigenvalue weighted by molar-refractivity contribution is 9.10. The lowest BCUT2D eigenvalue weighted by Gasteiger charge is -2.15. The van der Waals surface area contributed by atoms with Gasteiger partial charge in [0.1, 0.15) is 0 Å². The maximum Gasteiger partial charge on any atom is 0.336 e. The number of carbonyl (C=O) groups is 2. The number of hydrogen-bond donors (Lipinski definition) is 3. The molecule has 0 bridgehead atoms. The van der Waals surface area contributed by atoms with Crippen LogP contribution in [0, 0.1) is 5.92 Å². The maximum atomic E-state index is 11.8. The summed E-state index contributed by atoms with van der Waals surface area (Å²) in [6.07, 6.45) is 0. The zero-order valence-electron chi connectivity index (χ0n) is 10.1. The minimum absolute atomic E-state index is 0.0984. The van der Waals surface area contributed by atoms with Crippen molar-refractivity contribution in [3.8, 4) is 0 Å². The van der Waals surface area contributed by atoms with Gasteiger partial charge in [-0.2, -0.15) is 0 Å². The van der Waals surface area contributed by atoms with E-state index in [-0.39, 0.29) is 23.4 Å². The van der Waals surface area contributed by atoms with Gasteiger partial charge in [-0.05, 0) is 41.1 Å². The number of nitrogens with one attached hydrogen (secondary N) is 1. The molecular formula is C12H15BrN2O3. The second-order valence-electron chi connectivity index (χ2n) is 4.14. The predicted molar refractivity (Wildman–Crippen MR) is 72.5 cm³/mol. The molecule has 18 heavy (non-hydrogen) atoms. The number of hydrogen-bond acceptors (Lipinski definition) is 3. The summed E-state index contributed by atoms with van der Waals surface area (Å²) in [7, 11) is 0. The van der Waals surface area contributed by atoms with Crippen LogP contribution in [0.1, 0.15) is 24.2 Å². The van der Waals surface area contributed by atoms with Crippen LogP contribution in [0.15, 0.2) is 22.7 Å². The highest BCUT2D eigenvalue weighted by Gasteiger charge is 2.18. The Morgan fingerprint density at radius 3 is 2.50 bits per heavy atom. The Bertz CT molecular complexity index is 474. The Morgan fingerprint density at radius 1 is 1.39 bits per heavy atom. The van der Waals surface area contributed by atoms with E-state index < -0.39 is 5.97 Å². The molecule has 0 aliphatic carbocycles. The van der Waals surface area contributed by atoms with Crippen molar-refractivity contribution in [1.29, 1.82) is 0 Å². The lowest BCUT2D eigenvalue weighted by atomic mass is 10.0. The summed E-state index contributed by atoms with van der Waals surface area (Å²) in [5.41, 5.74) is 6.17. The Balaban J connectivity index is 2.89. The molecule has 0 radical (unpaired) electrons. The smallest absolute Gasteiger partial charge is 0.336 e. The highest BCUT2D eigenvalue weighted by atomic mass is 79.9. The molecule has 0 heterocycles. The third-order valence-corrected chi connectivity index (χ3v) is 3.36. The van der Waals surface area contributed by atoms with Crippen LogP contribution < -0.4 is 11.1 Å². The Morgan fingerprint density at radius 2 is 2.00 bits per heavy atom. The molecule has 1 rings (SSSR count). The Labute approximate surface area is 113 Å². The standard InChI is InChI=1S/C12H15BrN2O3/c1-6(7(2)14)11(16)15-8-3-4-10(13)9(5-8)12(17)18/h3-7H,14H2,1-2H3,(H,15,16)(H,17,18). The van der Waals surface area contributed by atoms with Crippen molar-refractivity contribution in [3.05, 3.63) is 28.2 Å². The Hall–Kier alpha value is -1.40. The van der Waals surface area contributed by atoms with E-state index >= 15 is 0 Å². The second kappa shape index (κ2) is 5.97. The van der Waals surface area contributed by atoms with E-state index in [1.54, 1.807) is 26.0 Å². The number of aromatic carboxylic acids is 1. The first kappa shape index (κ1) is 14.7. The largest absolute Gasteiger partial charge is 0.478 e. The summed E-state index contributed by atoms with van der Waals surface area (Å²) in [5.74, 6) is -1.64. The van der Waals surface area contributed by atoms with Crippen LogP contribution in [-0.4, -0.2) is 23.0 Å². The molecule has 6 heteroatoms. The number of anilines is 1. The van der Waals surface area contributed by atoms with Crippen molar-refractivity contribution >= 4 is 33.5 Å². The topological polar surface area (TPSA) is 92.4 Å². The summed E-state index contributed by atoms with van der Waals surface area (Å²) in [5, 5.41) is 11.6. The van der Waals surface area contributed by atoms with Gasteiger partial charge >= 0.3 is 5.97 Å². The van der Waals surface area contributed by atoms with E-state index in [1.807, 2.05) is 0 Å². The van der Waals surface area contributed by atoms with E-state index in [2.05, 4.69) is 21.2 Å². The van der Waals surface area contributed by atoms with E-state index in [4.69, 9.17) is 10.8 Å². The van der Waals surface area contributed by atoms with Crippen LogP contribution in [0.3, 0.4) is 0 Å². The van der Waals surface area contributed by atoms with Crippen molar-refractivity contribution < 1.29 is 14.7 Å². The molecular weight excluding hydrogens is 300 g/mol. The van der Waals surface area contributed by atoms with Crippen LogP contribution >= 0.6 is 15.9 Å². The average molecular weight is 315 g/mol. The monoisotopic (exact) mass is 314 g/mol. The quantitative estimate of drug-likeness (QED) is 0.793. The normalized spacial score (nSPS) is 13.8. The highest BCUT2D eigenvalue weighted by Crippen LogP contribution is 2.21. The zero-order chi connectivity index (χ0) is 13.9. The van der Waals surface area contributed by atoms with Gasteiger partial charge in [-0.1, -0.05) is 6.92 Å². The molecule has 0 fully saturated rings. The van der Waals surface area contributed by atoms with Gasteiger partial charge in [0.2, 0.25) is 5.91 Å². The molecule has 5 nitrogen and oxygen atoms in total. The first-order valence-electron chi connectivity index (χ1n) is 5.42. The molecule has 2 unspecified atom stereocenters. The first-order valence-corrected chi connectivity index (χ1v) is 6.21. The van der Waals surface area contributed by atoms with E-state index in [0.29, 0.717) is 10.2 Å². The van der Waals surface area contributed by atoms with Gasteiger partial charge in [0.15, 0.2) is 0 Å². The van der Waals surface area contributed by atoms with Crippen molar-refractivity contribution in [1.82, 2.24) is 0 Å². The molecule has 0 aliphatic rings. The lowest BCUT2D eigenvalue weighted by Crippen LogP contribution is -2.34. The van der Waals surface area contributed by atoms with Crippen molar-refractivity contribution in [2.24, 2.45) is 11.7 Å².